The minimum atomic E-state index is 0.0216. The number of hydrogen-bond donors (Lipinski definition) is 0. The van der Waals surface area contributed by atoms with E-state index in [1.54, 1.807) is 0 Å². The van der Waals surface area contributed by atoms with Crippen LogP contribution in [0, 0.1) is 13.8 Å². The van der Waals surface area contributed by atoms with E-state index in [0.29, 0.717) is 11.6 Å². The quantitative estimate of drug-likeness (QED) is 0.734. The lowest BCUT2D eigenvalue weighted by Gasteiger charge is -2.21. The molecule has 1 aromatic carbocycles. The maximum Gasteiger partial charge on any atom is 0.219 e. The number of aromatic nitrogens is 1. The van der Waals surface area contributed by atoms with Crippen LogP contribution in [0.2, 0.25) is 5.02 Å². The van der Waals surface area contributed by atoms with Gasteiger partial charge in [0.1, 0.15) is 5.75 Å². The van der Waals surface area contributed by atoms with Gasteiger partial charge in [0.25, 0.3) is 0 Å². The van der Waals surface area contributed by atoms with Gasteiger partial charge in [0.15, 0.2) is 0 Å². The minimum absolute atomic E-state index is 0.0216. The van der Waals surface area contributed by atoms with E-state index < -0.39 is 0 Å². The molecule has 2 nitrogen and oxygen atoms in total. The molecule has 2 aromatic rings. The van der Waals surface area contributed by atoms with Crippen molar-refractivity contribution in [2.45, 2.75) is 40.0 Å². The molecule has 0 fully saturated rings. The lowest BCUT2D eigenvalue weighted by Crippen LogP contribution is -2.11. The van der Waals surface area contributed by atoms with Crippen molar-refractivity contribution in [1.82, 2.24) is 4.98 Å². The molecular weight excluding hydrogens is 270 g/mol. The number of ether oxygens (including phenoxy) is 1. The number of hydrogen-bond acceptors (Lipinski definition) is 2. The summed E-state index contributed by atoms with van der Waals surface area (Å²) in [6.45, 7) is 10.4. The van der Waals surface area contributed by atoms with Crippen LogP contribution in [0.25, 0.3) is 0 Å². The number of pyridine rings is 1. The summed E-state index contributed by atoms with van der Waals surface area (Å²) in [5, 5.41) is 0.722. The van der Waals surface area contributed by atoms with Gasteiger partial charge >= 0.3 is 0 Å². The Bertz CT molecular complexity index is 609. The minimum Gasteiger partial charge on any atom is -0.439 e. The summed E-state index contributed by atoms with van der Waals surface area (Å²) in [5.41, 5.74) is 3.20. The monoisotopic (exact) mass is 289 g/mol. The number of benzene rings is 1. The second kappa shape index (κ2) is 5.45. The van der Waals surface area contributed by atoms with Crippen LogP contribution in [0.4, 0.5) is 0 Å². The summed E-state index contributed by atoms with van der Waals surface area (Å²) in [6.07, 6.45) is 0. The first kappa shape index (κ1) is 14.9. The molecule has 1 aromatic heterocycles. The molecule has 0 amide bonds. The van der Waals surface area contributed by atoms with Crippen molar-refractivity contribution in [3.05, 3.63) is 52.2 Å². The van der Waals surface area contributed by atoms with Gasteiger partial charge in [0, 0.05) is 16.8 Å². The van der Waals surface area contributed by atoms with Gasteiger partial charge in [-0.25, -0.2) is 4.98 Å². The average molecular weight is 290 g/mol. The highest BCUT2D eigenvalue weighted by atomic mass is 35.5. The summed E-state index contributed by atoms with van der Waals surface area (Å²) < 4.78 is 5.79. The van der Waals surface area contributed by atoms with Gasteiger partial charge in [-0.1, -0.05) is 38.4 Å². The summed E-state index contributed by atoms with van der Waals surface area (Å²) in [4.78, 5) is 4.36. The Morgan fingerprint density at radius 1 is 1.05 bits per heavy atom. The predicted octanol–water partition coefficient (Wildman–Crippen LogP) is 5.44. The fourth-order valence-electron chi connectivity index (χ4n) is 2.14. The van der Waals surface area contributed by atoms with Crippen molar-refractivity contribution < 1.29 is 4.74 Å². The van der Waals surface area contributed by atoms with E-state index in [4.69, 9.17) is 16.3 Å². The number of rotatable bonds is 2. The highest BCUT2D eigenvalue weighted by Gasteiger charge is 2.17. The zero-order valence-electron chi connectivity index (χ0n) is 12.6. The second-order valence-electron chi connectivity index (χ2n) is 6.12. The van der Waals surface area contributed by atoms with Crippen LogP contribution in [0.15, 0.2) is 30.3 Å². The van der Waals surface area contributed by atoms with E-state index >= 15 is 0 Å². The lowest BCUT2D eigenvalue weighted by atomic mass is 9.87. The summed E-state index contributed by atoms with van der Waals surface area (Å²) >= 11 is 6.34. The van der Waals surface area contributed by atoms with Crippen molar-refractivity contribution in [2.75, 3.05) is 0 Å². The fourth-order valence-corrected chi connectivity index (χ4v) is 2.60. The molecule has 0 spiro atoms. The molecule has 1 heterocycles. The molecule has 106 valence electrons. The van der Waals surface area contributed by atoms with E-state index in [1.165, 1.54) is 0 Å². The molecule has 2 rings (SSSR count). The molecule has 0 radical (unpaired) electrons. The third-order valence-electron chi connectivity index (χ3n) is 3.05. The summed E-state index contributed by atoms with van der Waals surface area (Å²) in [6, 6.07) is 9.73. The highest BCUT2D eigenvalue weighted by molar-refractivity contribution is 6.31. The van der Waals surface area contributed by atoms with E-state index in [1.807, 2.05) is 44.2 Å². The molecule has 0 saturated heterocycles. The third kappa shape index (κ3) is 3.51. The van der Waals surface area contributed by atoms with Crippen LogP contribution in [-0.4, -0.2) is 4.98 Å². The van der Waals surface area contributed by atoms with E-state index in [9.17, 15) is 0 Å². The van der Waals surface area contributed by atoms with E-state index in [2.05, 4.69) is 25.8 Å². The van der Waals surface area contributed by atoms with Crippen molar-refractivity contribution >= 4 is 11.6 Å². The molecule has 0 N–H and O–H groups in total. The summed E-state index contributed by atoms with van der Waals surface area (Å²) in [5.74, 6) is 1.31. The van der Waals surface area contributed by atoms with Gasteiger partial charge in [-0.3, -0.25) is 0 Å². The first-order valence-corrected chi connectivity index (χ1v) is 7.07. The van der Waals surface area contributed by atoms with Gasteiger partial charge in [0.2, 0.25) is 5.88 Å². The third-order valence-corrected chi connectivity index (χ3v) is 3.36. The standard InChI is InChI=1S/C17H20ClNO/c1-11-8-12(2)19-16(9-11)20-13-6-7-14(15(18)10-13)17(3,4)5/h6-10H,1-5H3. The first-order valence-electron chi connectivity index (χ1n) is 6.69. The normalized spacial score (nSPS) is 11.5. The van der Waals surface area contributed by atoms with Gasteiger partial charge in [-0.2, -0.15) is 0 Å². The predicted molar refractivity (Wildman–Crippen MR) is 83.9 cm³/mol. The second-order valence-corrected chi connectivity index (χ2v) is 6.53. The Morgan fingerprint density at radius 3 is 2.30 bits per heavy atom. The molecule has 0 aliphatic rings. The Hall–Kier alpha value is -1.54. The Kier molecular flexibility index (Phi) is 4.05. The van der Waals surface area contributed by atoms with Crippen LogP contribution < -0.4 is 4.74 Å². The van der Waals surface area contributed by atoms with Gasteiger partial charge in [0.05, 0.1) is 0 Å². The number of aryl methyl sites for hydroxylation is 2. The Balaban J connectivity index is 2.29. The molecule has 0 atom stereocenters. The topological polar surface area (TPSA) is 22.1 Å². The number of nitrogens with zero attached hydrogens (tertiary/aromatic N) is 1. The molecule has 20 heavy (non-hydrogen) atoms. The van der Waals surface area contributed by atoms with Gasteiger partial charge < -0.3 is 4.74 Å². The largest absolute Gasteiger partial charge is 0.439 e. The average Bonchev–Trinajstić information content (AvgIpc) is 2.25. The van der Waals surface area contributed by atoms with E-state index in [0.717, 1.165) is 21.8 Å². The Labute approximate surface area is 125 Å². The molecular formula is C17H20ClNO. The van der Waals surface area contributed by atoms with Crippen molar-refractivity contribution in [3.8, 4) is 11.6 Å². The van der Waals surface area contributed by atoms with E-state index in [-0.39, 0.29) is 5.41 Å². The van der Waals surface area contributed by atoms with Crippen LogP contribution in [0.3, 0.4) is 0 Å². The van der Waals surface area contributed by atoms with Gasteiger partial charge in [-0.05, 0) is 48.6 Å². The smallest absolute Gasteiger partial charge is 0.219 e. The van der Waals surface area contributed by atoms with Crippen molar-refractivity contribution in [1.29, 1.82) is 0 Å². The van der Waals surface area contributed by atoms with Crippen LogP contribution in [0.1, 0.15) is 37.6 Å². The molecule has 0 aliphatic heterocycles. The molecule has 0 saturated carbocycles. The van der Waals surface area contributed by atoms with Crippen LogP contribution in [-0.2, 0) is 5.41 Å². The molecule has 0 bridgehead atoms. The fraction of sp³-hybridized carbons (Fsp3) is 0.353. The van der Waals surface area contributed by atoms with Crippen LogP contribution >= 0.6 is 11.6 Å². The first-order chi connectivity index (χ1) is 9.25. The zero-order chi connectivity index (χ0) is 14.9. The number of halogens is 1. The molecule has 0 unspecified atom stereocenters. The highest BCUT2D eigenvalue weighted by Crippen LogP contribution is 2.33. The van der Waals surface area contributed by atoms with Gasteiger partial charge in [-0.15, -0.1) is 0 Å². The maximum atomic E-state index is 6.34. The SMILES string of the molecule is Cc1cc(C)nc(Oc2ccc(C(C)(C)C)c(Cl)c2)c1. The van der Waals surface area contributed by atoms with Crippen molar-refractivity contribution in [3.63, 3.8) is 0 Å². The molecule has 0 aliphatic carbocycles. The van der Waals surface area contributed by atoms with Crippen LogP contribution in [0.5, 0.6) is 11.6 Å². The lowest BCUT2D eigenvalue weighted by molar-refractivity contribution is 0.460. The molecule has 3 heteroatoms. The summed E-state index contributed by atoms with van der Waals surface area (Å²) in [7, 11) is 0. The maximum absolute atomic E-state index is 6.34. The zero-order valence-corrected chi connectivity index (χ0v) is 13.4. The van der Waals surface area contributed by atoms with Crippen molar-refractivity contribution in [2.24, 2.45) is 0 Å². The Morgan fingerprint density at radius 2 is 1.75 bits per heavy atom.